The van der Waals surface area contributed by atoms with Gasteiger partial charge in [0.1, 0.15) is 0 Å². The van der Waals surface area contributed by atoms with Crippen molar-refractivity contribution in [1.29, 1.82) is 0 Å². The minimum atomic E-state index is -0.343. The molecule has 2 fully saturated rings. The van der Waals surface area contributed by atoms with E-state index in [1.165, 1.54) is 12.8 Å². The molecule has 2 heterocycles. The molecule has 0 aromatic rings. The molecule has 0 aromatic heterocycles. The zero-order valence-corrected chi connectivity index (χ0v) is 12.9. The first kappa shape index (κ1) is 15.7. The Labute approximate surface area is 122 Å². The van der Waals surface area contributed by atoms with Crippen LogP contribution in [0, 0.1) is 5.92 Å². The molecule has 5 heteroatoms. The largest absolute Gasteiger partial charge is 0.377 e. The quantitative estimate of drug-likeness (QED) is 0.806. The lowest BCUT2D eigenvalue weighted by Crippen LogP contribution is -2.55. The maximum atomic E-state index is 12.3. The summed E-state index contributed by atoms with van der Waals surface area (Å²) in [6, 6.07) is -0.343. The van der Waals surface area contributed by atoms with Crippen LogP contribution in [0.2, 0.25) is 0 Å². The first-order chi connectivity index (χ1) is 9.61. The van der Waals surface area contributed by atoms with Gasteiger partial charge >= 0.3 is 0 Å². The zero-order chi connectivity index (χ0) is 14.5. The molecule has 20 heavy (non-hydrogen) atoms. The fourth-order valence-corrected chi connectivity index (χ4v) is 2.94. The van der Waals surface area contributed by atoms with Crippen LogP contribution in [0.1, 0.15) is 33.1 Å². The molecule has 0 aromatic carbocycles. The fourth-order valence-electron chi connectivity index (χ4n) is 2.94. The van der Waals surface area contributed by atoms with Crippen LogP contribution in [-0.4, -0.2) is 67.2 Å². The van der Waals surface area contributed by atoms with Gasteiger partial charge in [-0.1, -0.05) is 20.3 Å². The average molecular weight is 283 g/mol. The summed E-state index contributed by atoms with van der Waals surface area (Å²) in [5.74, 6) is 0.378. The molecule has 0 bridgehead atoms. The van der Waals surface area contributed by atoms with Crippen molar-refractivity contribution in [3.8, 4) is 0 Å². The number of piperazine rings is 1. The number of hydrogen-bond acceptors (Lipinski definition) is 4. The highest BCUT2D eigenvalue weighted by Gasteiger charge is 2.29. The molecule has 2 unspecified atom stereocenters. The highest BCUT2D eigenvalue weighted by Crippen LogP contribution is 2.15. The lowest BCUT2D eigenvalue weighted by atomic mass is 9.98. The highest BCUT2D eigenvalue weighted by atomic mass is 16.5. The molecule has 1 amide bonds. The molecule has 3 atom stereocenters. The first-order valence-corrected chi connectivity index (χ1v) is 8.00. The van der Waals surface area contributed by atoms with E-state index in [9.17, 15) is 4.79 Å². The van der Waals surface area contributed by atoms with Crippen LogP contribution < -0.4 is 5.73 Å². The number of rotatable bonds is 5. The summed E-state index contributed by atoms with van der Waals surface area (Å²) in [5, 5.41) is 0. The monoisotopic (exact) mass is 283 g/mol. The predicted molar refractivity (Wildman–Crippen MR) is 79.4 cm³/mol. The van der Waals surface area contributed by atoms with Gasteiger partial charge < -0.3 is 15.4 Å². The smallest absolute Gasteiger partial charge is 0.239 e. The number of amides is 1. The molecular formula is C15H29N3O2. The molecule has 2 rings (SSSR count). The van der Waals surface area contributed by atoms with E-state index in [0.29, 0.717) is 6.10 Å². The van der Waals surface area contributed by atoms with E-state index in [-0.39, 0.29) is 17.9 Å². The van der Waals surface area contributed by atoms with Crippen LogP contribution in [0.5, 0.6) is 0 Å². The second-order valence-corrected chi connectivity index (χ2v) is 6.17. The van der Waals surface area contributed by atoms with E-state index in [4.69, 9.17) is 10.5 Å². The van der Waals surface area contributed by atoms with Gasteiger partial charge in [0, 0.05) is 39.3 Å². The second kappa shape index (κ2) is 7.38. The average Bonchev–Trinajstić information content (AvgIpc) is 2.98. The molecule has 5 nitrogen and oxygen atoms in total. The van der Waals surface area contributed by atoms with Crippen molar-refractivity contribution in [2.45, 2.75) is 45.3 Å². The Morgan fingerprint density at radius 3 is 2.60 bits per heavy atom. The van der Waals surface area contributed by atoms with E-state index < -0.39 is 0 Å². The molecule has 2 saturated heterocycles. The van der Waals surface area contributed by atoms with Gasteiger partial charge in [-0.25, -0.2) is 0 Å². The van der Waals surface area contributed by atoms with Gasteiger partial charge in [-0.3, -0.25) is 9.69 Å². The van der Waals surface area contributed by atoms with Gasteiger partial charge in [-0.15, -0.1) is 0 Å². The summed E-state index contributed by atoms with van der Waals surface area (Å²) in [4.78, 5) is 16.7. The van der Waals surface area contributed by atoms with E-state index in [0.717, 1.165) is 45.8 Å². The maximum Gasteiger partial charge on any atom is 0.239 e. The van der Waals surface area contributed by atoms with Crippen molar-refractivity contribution in [2.24, 2.45) is 11.7 Å². The Morgan fingerprint density at radius 1 is 1.35 bits per heavy atom. The van der Waals surface area contributed by atoms with Crippen molar-refractivity contribution in [3.63, 3.8) is 0 Å². The van der Waals surface area contributed by atoms with Crippen molar-refractivity contribution < 1.29 is 9.53 Å². The molecule has 2 aliphatic heterocycles. The Kier molecular flexibility index (Phi) is 5.81. The van der Waals surface area contributed by atoms with Crippen LogP contribution in [0.4, 0.5) is 0 Å². The van der Waals surface area contributed by atoms with E-state index in [1.54, 1.807) is 0 Å². The summed E-state index contributed by atoms with van der Waals surface area (Å²) >= 11 is 0. The number of hydrogen-bond donors (Lipinski definition) is 1. The molecule has 0 radical (unpaired) electrons. The van der Waals surface area contributed by atoms with E-state index in [1.807, 2.05) is 4.90 Å². The van der Waals surface area contributed by atoms with E-state index in [2.05, 4.69) is 18.7 Å². The van der Waals surface area contributed by atoms with Gasteiger partial charge in [-0.05, 0) is 18.8 Å². The third kappa shape index (κ3) is 3.93. The molecule has 2 N–H and O–H groups in total. The summed E-state index contributed by atoms with van der Waals surface area (Å²) in [6.45, 7) is 9.54. The number of nitrogens with zero attached hydrogens (tertiary/aromatic N) is 2. The van der Waals surface area contributed by atoms with Gasteiger partial charge in [-0.2, -0.15) is 0 Å². The normalized spacial score (nSPS) is 27.6. The Bertz CT molecular complexity index is 310. The number of nitrogens with two attached hydrogens (primary N) is 1. The molecule has 116 valence electrons. The predicted octanol–water partition coefficient (Wildman–Crippen LogP) is 0.683. The SMILES string of the molecule is CCC(C)[C@H](N)C(=O)N1CCN(CC2CCCO2)CC1. The van der Waals surface area contributed by atoms with Crippen LogP contribution in [0.3, 0.4) is 0 Å². The lowest BCUT2D eigenvalue weighted by Gasteiger charge is -2.37. The molecule has 0 spiro atoms. The maximum absolute atomic E-state index is 12.3. The second-order valence-electron chi connectivity index (χ2n) is 6.17. The number of carbonyl (C=O) groups is 1. The lowest BCUT2D eigenvalue weighted by molar-refractivity contribution is -0.135. The van der Waals surface area contributed by atoms with E-state index >= 15 is 0 Å². The summed E-state index contributed by atoms with van der Waals surface area (Å²) in [5.41, 5.74) is 6.04. The molecule has 2 aliphatic rings. The summed E-state index contributed by atoms with van der Waals surface area (Å²) in [6.07, 6.45) is 3.72. The molecule has 0 aliphatic carbocycles. The van der Waals surface area contributed by atoms with Crippen molar-refractivity contribution >= 4 is 5.91 Å². The topological polar surface area (TPSA) is 58.8 Å². The van der Waals surface area contributed by atoms with Gasteiger partial charge in [0.2, 0.25) is 5.91 Å². The van der Waals surface area contributed by atoms with Gasteiger partial charge in [0.05, 0.1) is 12.1 Å². The first-order valence-electron chi connectivity index (χ1n) is 8.00. The summed E-state index contributed by atoms with van der Waals surface area (Å²) < 4.78 is 5.67. The van der Waals surface area contributed by atoms with Gasteiger partial charge in [0.25, 0.3) is 0 Å². The van der Waals surface area contributed by atoms with Crippen LogP contribution in [0.15, 0.2) is 0 Å². The number of ether oxygens (including phenoxy) is 1. The highest BCUT2D eigenvalue weighted by molar-refractivity contribution is 5.82. The minimum Gasteiger partial charge on any atom is -0.377 e. The minimum absolute atomic E-state index is 0.121. The summed E-state index contributed by atoms with van der Waals surface area (Å²) in [7, 11) is 0. The Morgan fingerprint density at radius 2 is 2.05 bits per heavy atom. The van der Waals surface area contributed by atoms with Gasteiger partial charge in [0.15, 0.2) is 0 Å². The third-order valence-electron chi connectivity index (χ3n) is 4.71. The number of carbonyl (C=O) groups excluding carboxylic acids is 1. The van der Waals surface area contributed by atoms with Crippen LogP contribution >= 0.6 is 0 Å². The van der Waals surface area contributed by atoms with Crippen molar-refractivity contribution in [2.75, 3.05) is 39.3 Å². The Hall–Kier alpha value is -0.650. The van der Waals surface area contributed by atoms with Crippen LogP contribution in [0.25, 0.3) is 0 Å². The molecular weight excluding hydrogens is 254 g/mol. The third-order valence-corrected chi connectivity index (χ3v) is 4.71. The van der Waals surface area contributed by atoms with Crippen molar-refractivity contribution in [3.05, 3.63) is 0 Å². The van der Waals surface area contributed by atoms with Crippen LogP contribution in [-0.2, 0) is 9.53 Å². The zero-order valence-electron chi connectivity index (χ0n) is 12.9. The molecule has 0 saturated carbocycles. The standard InChI is InChI=1S/C15H29N3O2/c1-3-12(2)14(16)15(19)18-8-6-17(7-9-18)11-13-5-4-10-20-13/h12-14H,3-11,16H2,1-2H3/t12?,13?,14-/m0/s1. The Balaban J connectivity index is 1.74. The van der Waals surface area contributed by atoms with Crippen molar-refractivity contribution in [1.82, 2.24) is 9.80 Å². The fraction of sp³-hybridized carbons (Fsp3) is 0.933.